The maximum atomic E-state index is 8.80. The van der Waals surface area contributed by atoms with Crippen LogP contribution >= 0.6 is 0 Å². The molecule has 2 aliphatic heterocycles. The summed E-state index contributed by atoms with van der Waals surface area (Å²) < 4.78 is 56.0. The van der Waals surface area contributed by atoms with Crippen molar-refractivity contribution in [3.8, 4) is 11.3 Å². The number of aryl methyl sites for hydroxylation is 2. The molecule has 0 bridgehead atoms. The SMILES string of the molecule is [2H]C1([2H])CC(C([2H])([2H])N2C[C@H]3CC(Nc4ccc(-c5ccc6nn(C)cc6c5C)nn4)C[C@H]3C2)CC([2H])([2H])O1. The maximum absolute atomic E-state index is 8.80. The van der Waals surface area contributed by atoms with E-state index in [-0.39, 0.29) is 18.9 Å². The molecule has 3 atom stereocenters. The lowest BCUT2D eigenvalue weighted by Gasteiger charge is -2.27. The third-order valence-electron chi connectivity index (χ3n) is 7.29. The molecule has 3 aromatic rings. The zero-order chi connectivity index (χ0) is 27.7. The number of fused-ring (bicyclic) bond motifs is 2. The van der Waals surface area contributed by atoms with E-state index in [0.717, 1.165) is 46.4 Å². The third-order valence-corrected chi connectivity index (χ3v) is 7.29. The van der Waals surface area contributed by atoms with Crippen molar-refractivity contribution in [2.24, 2.45) is 24.8 Å². The number of aromatic nitrogens is 4. The van der Waals surface area contributed by atoms with Crippen molar-refractivity contribution in [1.82, 2.24) is 24.9 Å². The van der Waals surface area contributed by atoms with Crippen LogP contribution in [0.1, 0.15) is 39.5 Å². The van der Waals surface area contributed by atoms with Crippen LogP contribution in [-0.2, 0) is 11.8 Å². The molecule has 7 heteroatoms. The van der Waals surface area contributed by atoms with E-state index in [1.807, 2.05) is 42.2 Å². The Hall–Kier alpha value is -2.51. The fourth-order valence-electron chi connectivity index (χ4n) is 5.67. The average molecular weight is 453 g/mol. The van der Waals surface area contributed by atoms with E-state index in [2.05, 4.69) is 27.5 Å². The van der Waals surface area contributed by atoms with Crippen LogP contribution in [0.3, 0.4) is 0 Å². The van der Waals surface area contributed by atoms with Crippen LogP contribution in [0.5, 0.6) is 0 Å². The van der Waals surface area contributed by atoms with Gasteiger partial charge in [-0.25, -0.2) is 0 Å². The summed E-state index contributed by atoms with van der Waals surface area (Å²) in [7, 11) is 1.92. The lowest BCUT2D eigenvalue weighted by molar-refractivity contribution is 0.0545. The number of anilines is 1. The standard InChI is InChI=1S/C26H34N6O/c1-17-22(3-4-25-23(17)16-31(2)30-25)24-5-6-26(29-28-24)27-21-11-19-14-32(15-20(19)12-21)13-18-7-9-33-10-8-18/h3-6,16,18-21H,7-15H2,1-2H3,(H,27,29)/t19-,20+,21?/i9D2,10D2,13D2. The highest BCUT2D eigenvalue weighted by molar-refractivity contribution is 5.88. The van der Waals surface area contributed by atoms with Crippen molar-refractivity contribution in [2.75, 3.05) is 38.0 Å². The van der Waals surface area contributed by atoms with E-state index in [0.29, 0.717) is 24.9 Å². The van der Waals surface area contributed by atoms with Crippen molar-refractivity contribution in [2.45, 2.75) is 38.6 Å². The van der Waals surface area contributed by atoms with Crippen molar-refractivity contribution >= 4 is 16.7 Å². The van der Waals surface area contributed by atoms with Crippen LogP contribution in [-0.4, -0.2) is 63.6 Å². The first kappa shape index (κ1) is 15.4. The van der Waals surface area contributed by atoms with Crippen molar-refractivity contribution in [3.05, 3.63) is 36.0 Å². The van der Waals surface area contributed by atoms with Crippen molar-refractivity contribution in [1.29, 1.82) is 0 Å². The molecule has 33 heavy (non-hydrogen) atoms. The van der Waals surface area contributed by atoms with E-state index in [1.54, 1.807) is 4.90 Å². The van der Waals surface area contributed by atoms with Gasteiger partial charge in [0.1, 0.15) is 5.82 Å². The number of hydrogen-bond acceptors (Lipinski definition) is 6. The van der Waals surface area contributed by atoms with Gasteiger partial charge >= 0.3 is 0 Å². The van der Waals surface area contributed by atoms with Crippen molar-refractivity contribution in [3.63, 3.8) is 0 Å². The second kappa shape index (κ2) is 8.69. The molecular weight excluding hydrogens is 412 g/mol. The maximum Gasteiger partial charge on any atom is 0.148 e. The highest BCUT2D eigenvalue weighted by atomic mass is 16.5. The molecule has 4 heterocycles. The van der Waals surface area contributed by atoms with Crippen LogP contribution in [0.25, 0.3) is 22.2 Å². The zero-order valence-electron chi connectivity index (χ0n) is 25.1. The molecular formula is C26H34N6O. The fourth-order valence-corrected chi connectivity index (χ4v) is 5.67. The Balaban J connectivity index is 1.08. The van der Waals surface area contributed by atoms with Crippen LogP contribution < -0.4 is 5.32 Å². The molecule has 1 saturated carbocycles. The molecule has 0 spiro atoms. The monoisotopic (exact) mass is 452 g/mol. The minimum Gasteiger partial charge on any atom is -0.381 e. The topological polar surface area (TPSA) is 68.1 Å². The highest BCUT2D eigenvalue weighted by Crippen LogP contribution is 2.39. The summed E-state index contributed by atoms with van der Waals surface area (Å²) in [6, 6.07) is 8.21. The predicted octanol–water partition coefficient (Wildman–Crippen LogP) is 3.89. The van der Waals surface area contributed by atoms with Gasteiger partial charge in [-0.2, -0.15) is 5.10 Å². The number of nitrogens with zero attached hydrogens (tertiary/aromatic N) is 5. The number of likely N-dealkylation sites (tertiary alicyclic amines) is 1. The normalized spacial score (nSPS) is 32.4. The van der Waals surface area contributed by atoms with Gasteiger partial charge in [0.2, 0.25) is 0 Å². The Labute approximate surface area is 203 Å². The van der Waals surface area contributed by atoms with Gasteiger partial charge in [-0.05, 0) is 74.1 Å². The Morgan fingerprint density at radius 3 is 2.64 bits per heavy atom. The first-order valence-corrected chi connectivity index (χ1v) is 11.8. The number of nitrogens with one attached hydrogen (secondary N) is 1. The van der Waals surface area contributed by atoms with E-state index in [4.69, 9.17) is 13.0 Å². The largest absolute Gasteiger partial charge is 0.381 e. The molecule has 1 aliphatic carbocycles. The molecule has 1 aromatic carbocycles. The number of hydrogen-bond donors (Lipinski definition) is 1. The molecule has 3 aliphatic rings. The summed E-state index contributed by atoms with van der Waals surface area (Å²) in [6.07, 6.45) is 3.50. The molecule has 0 radical (unpaired) electrons. The van der Waals surface area contributed by atoms with E-state index >= 15 is 0 Å². The molecule has 0 amide bonds. The molecule has 2 saturated heterocycles. The van der Waals surface area contributed by atoms with Gasteiger partial charge in [0.25, 0.3) is 0 Å². The summed E-state index contributed by atoms with van der Waals surface area (Å²) in [5.74, 6) is 0.599. The van der Waals surface area contributed by atoms with Crippen molar-refractivity contribution < 1.29 is 13.0 Å². The summed E-state index contributed by atoms with van der Waals surface area (Å²) >= 11 is 0. The van der Waals surface area contributed by atoms with Crippen LogP contribution in [0, 0.1) is 24.7 Å². The third kappa shape index (κ3) is 4.24. The lowest BCUT2D eigenvalue weighted by atomic mass is 10.00. The first-order valence-electron chi connectivity index (χ1n) is 14.8. The minimum absolute atomic E-state index is 0.153. The highest BCUT2D eigenvalue weighted by Gasteiger charge is 2.41. The number of ether oxygens (including phenoxy) is 1. The summed E-state index contributed by atoms with van der Waals surface area (Å²) in [5.41, 5.74) is 3.92. The Morgan fingerprint density at radius 2 is 1.91 bits per heavy atom. The molecule has 1 N–H and O–H groups in total. The Bertz CT molecular complexity index is 1350. The van der Waals surface area contributed by atoms with E-state index in [1.165, 1.54) is 0 Å². The predicted molar refractivity (Wildman–Crippen MR) is 130 cm³/mol. The Morgan fingerprint density at radius 1 is 1.12 bits per heavy atom. The zero-order valence-corrected chi connectivity index (χ0v) is 19.1. The van der Waals surface area contributed by atoms with E-state index in [9.17, 15) is 0 Å². The lowest BCUT2D eigenvalue weighted by Crippen LogP contribution is -2.32. The average Bonchev–Trinajstić information content (AvgIpc) is 3.51. The van der Waals surface area contributed by atoms with Crippen LogP contribution in [0.15, 0.2) is 30.5 Å². The van der Waals surface area contributed by atoms with Gasteiger partial charge in [-0.3, -0.25) is 4.68 Å². The number of rotatable bonds is 5. The molecule has 2 aromatic heterocycles. The Kier molecular flexibility index (Phi) is 4.06. The van der Waals surface area contributed by atoms with Gasteiger partial charge in [0.15, 0.2) is 0 Å². The van der Waals surface area contributed by atoms with Gasteiger partial charge in [0, 0.05) is 65.7 Å². The van der Waals surface area contributed by atoms with Crippen LogP contribution in [0.4, 0.5) is 5.82 Å². The minimum atomic E-state index is -2.18. The van der Waals surface area contributed by atoms with Crippen LogP contribution in [0.2, 0.25) is 0 Å². The quantitative estimate of drug-likeness (QED) is 0.634. The van der Waals surface area contributed by atoms with Gasteiger partial charge in [0.05, 0.1) is 16.7 Å². The molecule has 174 valence electrons. The molecule has 3 fully saturated rings. The number of benzene rings is 1. The summed E-state index contributed by atoms with van der Waals surface area (Å²) in [5, 5.41) is 18.0. The van der Waals surface area contributed by atoms with E-state index < -0.39 is 25.5 Å². The molecule has 6 rings (SSSR count). The fraction of sp³-hybridized carbons (Fsp3) is 0.577. The summed E-state index contributed by atoms with van der Waals surface area (Å²) in [4.78, 5) is 1.80. The van der Waals surface area contributed by atoms with Gasteiger partial charge in [-0.15, -0.1) is 10.2 Å². The molecule has 7 nitrogen and oxygen atoms in total. The second-order valence-corrected chi connectivity index (χ2v) is 9.64. The van der Waals surface area contributed by atoms with Gasteiger partial charge in [-0.1, -0.05) is 6.07 Å². The second-order valence-electron chi connectivity index (χ2n) is 9.64. The van der Waals surface area contributed by atoms with Gasteiger partial charge < -0.3 is 15.0 Å². The first-order chi connectivity index (χ1) is 18.3. The smallest absolute Gasteiger partial charge is 0.148 e. The molecule has 1 unspecified atom stereocenters. The summed E-state index contributed by atoms with van der Waals surface area (Å²) in [6.45, 7) is -2.91.